The molecule has 135 heavy (non-hydrogen) atoms. The summed E-state index contributed by atoms with van der Waals surface area (Å²) in [5.41, 5.74) is 15.5. The molecule has 3 heterocycles. The van der Waals surface area contributed by atoms with Gasteiger partial charge >= 0.3 is 29.8 Å². The Labute approximate surface area is 776 Å². The summed E-state index contributed by atoms with van der Waals surface area (Å²) in [5.74, 6) is -29.7. The van der Waals surface area contributed by atoms with Gasteiger partial charge in [0, 0.05) is 92.6 Å². The smallest absolute Gasteiger partial charge is 0.329 e. The van der Waals surface area contributed by atoms with Gasteiger partial charge in [0.05, 0.1) is 51.8 Å². The summed E-state index contributed by atoms with van der Waals surface area (Å²) >= 11 is 0. The fraction of sp³-hybridized carbons (Fsp3) is 0.489. The van der Waals surface area contributed by atoms with Gasteiger partial charge in [-0.2, -0.15) is 0 Å². The standard InChI is InChI=1S/C90H121N19O26/c1-5-6-7-8-9-10-14-31-71(113)99-61(38-55-45-94-59-28-19-17-25-56(55)59)84(128)102-62(40-70(92)112)85(129)104-65(43-77(122)123)86(130)107-79-52(4)135-90(134)66(39-69(111)57-26-16-18-27-58(57)91)105-89(133)78(50(2)37-74(116)117)106-87(131)67(49-110)100-73(115)46-95-81(125)63(41-75(118)119)101-80(124)51(3)97-83(127)64(42-76(120)121)103-82(126)60(98-72(114)47-96-88(79)132)29-21-32-93-44-54-24-15-20-30-68(54)109-35-33-108(34-36-109)48-53-22-12-11-13-23-53/h11-13,15-20,22-28,30,45,50-52,60-67,78-79,93-94,110H,5-10,14,21,29,31-44,46-49,91H2,1-4H3,(H2,92,112)(H,95,125)(H,96,132)(H,97,127)(H,98,114)(H,99,113)(H,100,115)(H,101,124)(H,102,128)(H,103,126)(H,104,129)(H,105,133)(H,106,131)(H,107,130)(H,116,117)(H,118,119)(H,120,121)(H,122,123). The molecule has 13 unspecified atom stereocenters. The number of H-pyrrole nitrogens is 1. The lowest BCUT2D eigenvalue weighted by Crippen LogP contribution is -2.62. The van der Waals surface area contributed by atoms with Crippen LogP contribution < -0.4 is 90.8 Å². The molecule has 0 bridgehead atoms. The third kappa shape index (κ3) is 35.9. The van der Waals surface area contributed by atoms with Crippen molar-refractivity contribution in [3.05, 3.63) is 132 Å². The average molecular weight is 1890 g/mol. The number of benzene rings is 4. The number of nitrogens with two attached hydrogens (primary N) is 2. The number of carbonyl (C=O) groups excluding carboxylic acids is 16. The SMILES string of the molecule is CCCCCCCCCC(=O)NC(Cc1c[nH]c2ccccc12)C(=O)NC(CC(N)=O)C(=O)NC(CC(=O)O)C(=O)NC1C(=O)NCC(=O)NC(CCCNCc2ccccc2N2CCN(Cc3ccccc3)CC2)C(=O)NC(CC(=O)O)C(=O)NC(C)C(=O)NC(CC(=O)O)C(=O)NCC(=O)NC(CO)C(=O)NC(C(C)CC(=O)O)C(=O)NC(CC(=O)c2ccccc2N)C(=O)OC1C. The average Bonchev–Trinajstić information content (AvgIpc) is 1.81. The summed E-state index contributed by atoms with van der Waals surface area (Å²) in [5, 5.41) is 83.6. The number of ether oxygens (including phenoxy) is 1. The number of amides is 14. The number of ketones is 1. The van der Waals surface area contributed by atoms with Gasteiger partial charge in [-0.15, -0.1) is 0 Å². The van der Waals surface area contributed by atoms with Crippen molar-refractivity contribution in [2.24, 2.45) is 11.7 Å². The number of Topliss-reactive ketones (excluding diaryl/α,β-unsaturated/α-hetero) is 1. The number of aliphatic hydroxyl groups is 1. The van der Waals surface area contributed by atoms with Gasteiger partial charge in [-0.25, -0.2) is 4.79 Å². The molecule has 5 aromatic rings. The van der Waals surface area contributed by atoms with Gasteiger partial charge in [0.15, 0.2) is 5.78 Å². The third-order valence-electron chi connectivity index (χ3n) is 22.3. The number of fused-ring (bicyclic) bond motifs is 1. The molecule has 2 fully saturated rings. The van der Waals surface area contributed by atoms with E-state index in [2.05, 4.69) is 97.6 Å². The van der Waals surface area contributed by atoms with E-state index in [-0.39, 0.29) is 50.0 Å². The number of nitrogens with zero attached hydrogens (tertiary/aromatic N) is 2. The molecule has 14 amide bonds. The first-order chi connectivity index (χ1) is 64.3. The molecule has 7 rings (SSSR count). The second-order valence-electron chi connectivity index (χ2n) is 33.0. The molecule has 0 aliphatic carbocycles. The number of aliphatic hydroxyl groups excluding tert-OH is 1. The summed E-state index contributed by atoms with van der Waals surface area (Å²) in [6.07, 6.45) is -2.30. The van der Waals surface area contributed by atoms with Gasteiger partial charge in [-0.3, -0.25) is 96.0 Å². The number of aliphatic carboxylic acids is 4. The number of piperazine rings is 1. The first-order valence-electron chi connectivity index (χ1n) is 44.4. The van der Waals surface area contributed by atoms with Crippen LogP contribution >= 0.6 is 0 Å². The predicted octanol–water partition coefficient (Wildman–Crippen LogP) is -2.47. The molecule has 732 valence electrons. The lowest BCUT2D eigenvalue weighted by molar-refractivity contribution is -0.156. The molecular weight excluding hydrogens is 1760 g/mol. The molecule has 24 N–H and O–H groups in total. The normalized spacial score (nSPS) is 20.6. The van der Waals surface area contributed by atoms with E-state index < -0.39 is 255 Å². The van der Waals surface area contributed by atoms with Crippen LogP contribution in [0.25, 0.3) is 10.9 Å². The lowest BCUT2D eigenvalue weighted by atomic mass is 9.96. The first-order valence-corrected chi connectivity index (χ1v) is 44.4. The Bertz CT molecular complexity index is 5030. The Morgan fingerprint density at radius 2 is 1.09 bits per heavy atom. The molecule has 45 nitrogen and oxygen atoms in total. The van der Waals surface area contributed by atoms with Crippen molar-refractivity contribution in [1.29, 1.82) is 0 Å². The Morgan fingerprint density at radius 1 is 0.526 bits per heavy atom. The minimum atomic E-state index is -2.47. The van der Waals surface area contributed by atoms with Crippen molar-refractivity contribution < 1.29 is 126 Å². The molecule has 45 heteroatoms. The van der Waals surface area contributed by atoms with E-state index in [0.29, 0.717) is 42.4 Å². The van der Waals surface area contributed by atoms with Crippen LogP contribution in [0, 0.1) is 5.92 Å². The quantitative estimate of drug-likeness (QED) is 0.00834. The van der Waals surface area contributed by atoms with Gasteiger partial charge in [-0.05, 0) is 86.5 Å². The van der Waals surface area contributed by atoms with E-state index in [1.807, 2.05) is 53.1 Å². The topological polar surface area (TPSA) is 695 Å². The number of nitrogens with one attached hydrogen (secondary N) is 15. The maximum atomic E-state index is 15.1. The number of hydrogen-bond acceptors (Lipinski definition) is 26. The number of aromatic nitrogens is 1. The number of carboxylic acids is 4. The zero-order valence-corrected chi connectivity index (χ0v) is 75.3. The molecule has 2 saturated heterocycles. The Balaban J connectivity index is 1.26. The number of para-hydroxylation sites is 3. The van der Waals surface area contributed by atoms with Gasteiger partial charge in [-0.1, -0.05) is 131 Å². The summed E-state index contributed by atoms with van der Waals surface area (Å²) in [4.78, 5) is 286. The number of carbonyl (C=O) groups is 20. The van der Waals surface area contributed by atoms with Crippen molar-refractivity contribution in [3.8, 4) is 0 Å². The highest BCUT2D eigenvalue weighted by Gasteiger charge is 2.42. The number of anilines is 2. The minimum absolute atomic E-state index is 0.00988. The highest BCUT2D eigenvalue weighted by Crippen LogP contribution is 2.25. The van der Waals surface area contributed by atoms with E-state index in [4.69, 9.17) is 16.2 Å². The lowest BCUT2D eigenvalue weighted by Gasteiger charge is -2.37. The van der Waals surface area contributed by atoms with Gasteiger partial charge in [0.1, 0.15) is 72.6 Å². The van der Waals surface area contributed by atoms with Crippen LogP contribution in [0.1, 0.15) is 157 Å². The van der Waals surface area contributed by atoms with Crippen LogP contribution in [0.3, 0.4) is 0 Å². The second-order valence-corrected chi connectivity index (χ2v) is 33.0. The minimum Gasteiger partial charge on any atom is -0.481 e. The van der Waals surface area contributed by atoms with Crippen molar-refractivity contribution in [1.82, 2.24) is 84.3 Å². The zero-order chi connectivity index (χ0) is 99.0. The maximum absolute atomic E-state index is 15.1. The number of hydrogen-bond donors (Lipinski definition) is 22. The third-order valence-corrected chi connectivity index (χ3v) is 22.3. The monoisotopic (exact) mass is 1880 g/mol. The highest BCUT2D eigenvalue weighted by atomic mass is 16.5. The number of primary amides is 1. The fourth-order valence-corrected chi connectivity index (χ4v) is 15.0. The van der Waals surface area contributed by atoms with Crippen LogP contribution in [0.15, 0.2) is 109 Å². The van der Waals surface area contributed by atoms with Gasteiger partial charge < -0.3 is 126 Å². The van der Waals surface area contributed by atoms with Crippen molar-refractivity contribution in [3.63, 3.8) is 0 Å². The molecule has 2 aliphatic heterocycles. The molecule has 0 saturated carbocycles. The first kappa shape index (κ1) is 108. The van der Waals surface area contributed by atoms with E-state index in [0.717, 1.165) is 89.3 Å². The van der Waals surface area contributed by atoms with Crippen LogP contribution in [0.2, 0.25) is 0 Å². The van der Waals surface area contributed by atoms with E-state index in [9.17, 15) is 107 Å². The largest absolute Gasteiger partial charge is 0.481 e. The van der Waals surface area contributed by atoms with E-state index >= 15 is 14.4 Å². The Morgan fingerprint density at radius 3 is 1.73 bits per heavy atom. The Hall–Kier alpha value is -14.5. The van der Waals surface area contributed by atoms with Crippen LogP contribution in [-0.2, 0) is 115 Å². The molecular formula is C90H121N19O26. The molecule has 13 atom stereocenters. The number of cyclic esters (lactones) is 1. The number of esters is 1. The summed E-state index contributed by atoms with van der Waals surface area (Å²) in [6.45, 7) is 5.33. The number of aromatic amines is 1. The number of carboxylic acid groups (broad SMARTS) is 4. The zero-order valence-electron chi connectivity index (χ0n) is 75.3. The van der Waals surface area contributed by atoms with Crippen LogP contribution in [-0.4, -0.2) is 279 Å². The molecule has 0 radical (unpaired) electrons. The number of rotatable bonds is 41. The molecule has 1 aromatic heterocycles. The van der Waals surface area contributed by atoms with Crippen LogP contribution in [0.4, 0.5) is 11.4 Å². The van der Waals surface area contributed by atoms with Crippen molar-refractivity contribution in [2.75, 3.05) is 63.1 Å². The molecule has 0 spiro atoms. The number of nitrogen functional groups attached to an aromatic ring is 1. The van der Waals surface area contributed by atoms with Crippen molar-refractivity contribution in [2.45, 2.75) is 223 Å². The van der Waals surface area contributed by atoms with E-state index in [1.54, 1.807) is 30.5 Å². The van der Waals surface area contributed by atoms with Gasteiger partial charge in [0.25, 0.3) is 0 Å². The summed E-state index contributed by atoms with van der Waals surface area (Å²) < 4.78 is 5.79. The predicted molar refractivity (Wildman–Crippen MR) is 483 cm³/mol. The van der Waals surface area contributed by atoms with Crippen molar-refractivity contribution >= 4 is 141 Å². The second kappa shape index (κ2) is 54.5. The fourth-order valence-electron chi connectivity index (χ4n) is 15.0. The van der Waals surface area contributed by atoms with E-state index in [1.165, 1.54) is 24.3 Å². The maximum Gasteiger partial charge on any atom is 0.329 e. The van der Waals surface area contributed by atoms with Gasteiger partial charge in [0.2, 0.25) is 82.7 Å². The summed E-state index contributed by atoms with van der Waals surface area (Å²) in [7, 11) is 0. The Kier molecular flexibility index (Phi) is 43.4. The highest BCUT2D eigenvalue weighted by molar-refractivity contribution is 6.05. The molecule has 4 aromatic carbocycles. The van der Waals surface area contributed by atoms with Crippen LogP contribution in [0.5, 0.6) is 0 Å². The summed E-state index contributed by atoms with van der Waals surface area (Å²) in [6, 6.07) is 6.95. The molecule has 2 aliphatic rings. The number of unbranched alkanes of at least 4 members (excludes halogenated alkanes) is 6.